The van der Waals surface area contributed by atoms with E-state index in [1.54, 1.807) is 16.8 Å². The number of aromatic nitrogens is 6. The van der Waals surface area contributed by atoms with Crippen LogP contribution in [0.5, 0.6) is 5.75 Å². The predicted octanol–water partition coefficient (Wildman–Crippen LogP) is 5.12. The number of pyridine rings is 2. The zero-order chi connectivity index (χ0) is 26.9. The Labute approximate surface area is 228 Å². The fourth-order valence-electron chi connectivity index (χ4n) is 4.75. The smallest absolute Gasteiger partial charge is 0.164 e. The van der Waals surface area contributed by atoms with Gasteiger partial charge in [-0.1, -0.05) is 47.1 Å². The summed E-state index contributed by atoms with van der Waals surface area (Å²) < 4.78 is 29.6. The van der Waals surface area contributed by atoms with Gasteiger partial charge in [0.05, 0.1) is 54.2 Å². The molecule has 0 aliphatic heterocycles. The van der Waals surface area contributed by atoms with Crippen LogP contribution in [0.3, 0.4) is 0 Å². The molecule has 1 N–H and O–H groups in total. The van der Waals surface area contributed by atoms with Crippen molar-refractivity contribution in [1.82, 2.24) is 29.6 Å². The molecular weight excluding hydrogens is 523 g/mol. The van der Waals surface area contributed by atoms with Gasteiger partial charge in [-0.05, 0) is 43.5 Å². The first-order valence-corrected chi connectivity index (χ1v) is 13.0. The molecule has 9 nitrogen and oxygen atoms in total. The first-order valence-electron chi connectivity index (χ1n) is 12.6. The highest BCUT2D eigenvalue weighted by Crippen LogP contribution is 2.37. The van der Waals surface area contributed by atoms with Gasteiger partial charge < -0.3 is 14.6 Å². The molecule has 1 unspecified atom stereocenters. The molecule has 1 aliphatic carbocycles. The topological polar surface area (TPSA) is 99.6 Å². The Morgan fingerprint density at radius 1 is 1.15 bits per heavy atom. The van der Waals surface area contributed by atoms with E-state index in [1.165, 1.54) is 6.07 Å². The van der Waals surface area contributed by atoms with Crippen molar-refractivity contribution in [1.29, 1.82) is 0 Å². The minimum atomic E-state index is -0.660. The van der Waals surface area contributed by atoms with Gasteiger partial charge in [0.2, 0.25) is 0 Å². The van der Waals surface area contributed by atoms with E-state index in [9.17, 15) is 9.50 Å². The van der Waals surface area contributed by atoms with Crippen molar-refractivity contribution in [3.8, 4) is 17.0 Å². The van der Waals surface area contributed by atoms with Gasteiger partial charge >= 0.3 is 0 Å². The van der Waals surface area contributed by atoms with Crippen molar-refractivity contribution in [3.05, 3.63) is 94.9 Å². The molecule has 1 atom stereocenters. The number of halogens is 2. The van der Waals surface area contributed by atoms with Gasteiger partial charge in [-0.2, -0.15) is 5.10 Å². The van der Waals surface area contributed by atoms with Gasteiger partial charge in [0, 0.05) is 11.8 Å². The predicted molar refractivity (Wildman–Crippen MR) is 142 cm³/mol. The highest BCUT2D eigenvalue weighted by molar-refractivity contribution is 6.34. The summed E-state index contributed by atoms with van der Waals surface area (Å²) in [6.07, 6.45) is 4.87. The van der Waals surface area contributed by atoms with Gasteiger partial charge in [0.15, 0.2) is 6.10 Å². The molecule has 1 fully saturated rings. The third-order valence-electron chi connectivity index (χ3n) is 6.90. The molecule has 4 aromatic heterocycles. The van der Waals surface area contributed by atoms with Crippen molar-refractivity contribution in [2.45, 2.75) is 44.6 Å². The Balaban J connectivity index is 1.33. The van der Waals surface area contributed by atoms with E-state index in [1.807, 2.05) is 54.2 Å². The van der Waals surface area contributed by atoms with Crippen molar-refractivity contribution >= 4 is 17.1 Å². The third kappa shape index (κ3) is 5.23. The minimum absolute atomic E-state index is 0.121. The fourth-order valence-corrected chi connectivity index (χ4v) is 4.97. The molecule has 0 bridgehead atoms. The van der Waals surface area contributed by atoms with Crippen LogP contribution in [0.15, 0.2) is 67.1 Å². The summed E-state index contributed by atoms with van der Waals surface area (Å²) in [6, 6.07) is 14.7. The maximum atomic E-state index is 13.7. The van der Waals surface area contributed by atoms with E-state index in [0.717, 1.165) is 23.0 Å². The van der Waals surface area contributed by atoms with Crippen LogP contribution in [-0.2, 0) is 11.3 Å². The molecule has 1 saturated carbocycles. The molecule has 0 saturated heterocycles. The second-order valence-electron chi connectivity index (χ2n) is 9.63. The summed E-state index contributed by atoms with van der Waals surface area (Å²) in [5.41, 5.74) is 4.38. The Morgan fingerprint density at radius 3 is 2.72 bits per heavy atom. The van der Waals surface area contributed by atoms with Crippen LogP contribution in [0.25, 0.3) is 16.8 Å². The second kappa shape index (κ2) is 10.7. The van der Waals surface area contributed by atoms with Gasteiger partial charge in [-0.25, -0.2) is 13.6 Å². The molecule has 11 heteroatoms. The van der Waals surface area contributed by atoms with Crippen LogP contribution >= 0.6 is 11.6 Å². The van der Waals surface area contributed by atoms with Crippen molar-refractivity contribution in [2.24, 2.45) is 0 Å². The van der Waals surface area contributed by atoms with Crippen LogP contribution in [-0.4, -0.2) is 47.4 Å². The van der Waals surface area contributed by atoms with Gasteiger partial charge in [0.25, 0.3) is 0 Å². The van der Waals surface area contributed by atoms with Crippen LogP contribution in [0.1, 0.15) is 41.9 Å². The first kappa shape index (κ1) is 25.4. The maximum Gasteiger partial charge on any atom is 0.164 e. The number of nitrogens with zero attached hydrogens (tertiary/aromatic N) is 6. The molecule has 1 aromatic carbocycles. The summed E-state index contributed by atoms with van der Waals surface area (Å²) in [5.74, 6) is 0.00548. The van der Waals surface area contributed by atoms with Crippen LogP contribution < -0.4 is 4.74 Å². The Bertz CT molecular complexity index is 1580. The van der Waals surface area contributed by atoms with Crippen LogP contribution in [0.2, 0.25) is 5.02 Å². The van der Waals surface area contributed by atoms with E-state index in [-0.39, 0.29) is 18.8 Å². The summed E-state index contributed by atoms with van der Waals surface area (Å²) in [5, 5.41) is 23.3. The second-order valence-corrected chi connectivity index (χ2v) is 10.0. The molecule has 0 spiro atoms. The zero-order valence-electron chi connectivity index (χ0n) is 21.1. The summed E-state index contributed by atoms with van der Waals surface area (Å²) in [4.78, 5) is 4.25. The molecule has 0 radical (unpaired) electrons. The third-order valence-corrected chi connectivity index (χ3v) is 7.17. The Morgan fingerprint density at radius 2 is 1.97 bits per heavy atom. The van der Waals surface area contributed by atoms with Gasteiger partial charge in [0.1, 0.15) is 22.8 Å². The Kier molecular flexibility index (Phi) is 6.99. The average molecular weight is 549 g/mol. The van der Waals surface area contributed by atoms with E-state index in [0.29, 0.717) is 47.1 Å². The lowest BCUT2D eigenvalue weighted by atomic mass is 9.89. The average Bonchev–Trinajstić information content (AvgIpc) is 3.49. The lowest BCUT2D eigenvalue weighted by Gasteiger charge is -2.31. The van der Waals surface area contributed by atoms with Crippen LogP contribution in [0.4, 0.5) is 4.39 Å². The normalized spacial score (nSPS) is 17.7. The van der Waals surface area contributed by atoms with Gasteiger partial charge in [-0.15, -0.1) is 5.10 Å². The SMILES string of the molecule is Cc1c(-c2cc(OC(COCc3ccccc3)c3ccc(F)cn3)c3c(Cl)cnn3c2)nnn1C1CC(O)C1. The molecule has 200 valence electrons. The van der Waals surface area contributed by atoms with E-state index in [4.69, 9.17) is 21.1 Å². The number of benzene rings is 1. The van der Waals surface area contributed by atoms with Crippen molar-refractivity contribution in [2.75, 3.05) is 6.61 Å². The highest BCUT2D eigenvalue weighted by atomic mass is 35.5. The fraction of sp³-hybridized carbons (Fsp3) is 0.286. The monoisotopic (exact) mass is 548 g/mol. The first-order chi connectivity index (χ1) is 19.0. The largest absolute Gasteiger partial charge is 0.479 e. The number of aliphatic hydroxyl groups excluding tert-OH is 1. The number of hydrogen-bond donors (Lipinski definition) is 1. The summed E-state index contributed by atoms with van der Waals surface area (Å²) in [7, 11) is 0. The number of rotatable bonds is 9. The maximum absolute atomic E-state index is 13.7. The molecule has 4 heterocycles. The minimum Gasteiger partial charge on any atom is -0.479 e. The molecule has 5 aromatic rings. The van der Waals surface area contributed by atoms with Gasteiger partial charge in [-0.3, -0.25) is 4.98 Å². The van der Waals surface area contributed by atoms with E-state index < -0.39 is 11.9 Å². The molecule has 6 rings (SSSR count). The number of ether oxygens (including phenoxy) is 2. The van der Waals surface area contributed by atoms with Crippen molar-refractivity contribution < 1.29 is 19.0 Å². The van der Waals surface area contributed by atoms with E-state index in [2.05, 4.69) is 20.4 Å². The molecule has 0 amide bonds. The standard InChI is InChI=1S/C28H26ClFN6O3/c1-17-27(33-34-36(17)21-10-22(37)11-21)19-9-25(28-23(29)13-32-35(28)14-19)39-26(24-8-7-20(30)12-31-24)16-38-15-18-5-3-2-4-6-18/h2-9,12-14,21-22,26,37H,10-11,15-16H2,1H3. The number of fused-ring (bicyclic) bond motifs is 1. The summed E-state index contributed by atoms with van der Waals surface area (Å²) >= 11 is 6.51. The summed E-state index contributed by atoms with van der Waals surface area (Å²) in [6.45, 7) is 2.49. The quantitative estimate of drug-likeness (QED) is 0.273. The highest BCUT2D eigenvalue weighted by Gasteiger charge is 2.31. The van der Waals surface area contributed by atoms with Crippen LogP contribution in [0, 0.1) is 12.7 Å². The Hall–Kier alpha value is -3.86. The number of aliphatic hydroxyl groups is 1. The molecular formula is C28H26ClFN6O3. The lowest BCUT2D eigenvalue weighted by molar-refractivity contribution is 0.0391. The zero-order valence-corrected chi connectivity index (χ0v) is 21.9. The number of hydrogen-bond acceptors (Lipinski definition) is 7. The molecule has 1 aliphatic rings. The van der Waals surface area contributed by atoms with Crippen molar-refractivity contribution in [3.63, 3.8) is 0 Å². The lowest BCUT2D eigenvalue weighted by Crippen LogP contribution is -2.32. The molecule has 39 heavy (non-hydrogen) atoms. The van der Waals surface area contributed by atoms with E-state index >= 15 is 0 Å².